The molecule has 0 unspecified atom stereocenters. The van der Waals surface area contributed by atoms with Crippen molar-refractivity contribution in [3.63, 3.8) is 0 Å². The highest BCUT2D eigenvalue weighted by Gasteiger charge is 2.27. The molecule has 0 fully saturated rings. The topological polar surface area (TPSA) is 98.0 Å². The van der Waals surface area contributed by atoms with Crippen LogP contribution in [0.1, 0.15) is 32.1 Å². The van der Waals surface area contributed by atoms with Crippen molar-refractivity contribution >= 4 is 17.4 Å². The maximum Gasteiger partial charge on any atom is 0.267 e. The molecule has 0 bridgehead atoms. The van der Waals surface area contributed by atoms with Crippen LogP contribution in [0.2, 0.25) is 0 Å². The summed E-state index contributed by atoms with van der Waals surface area (Å²) in [5, 5.41) is 2.08. The van der Waals surface area contributed by atoms with Crippen molar-refractivity contribution in [3.05, 3.63) is 88.5 Å². The zero-order valence-corrected chi connectivity index (χ0v) is 15.3. The highest BCUT2D eigenvalue weighted by atomic mass is 19.2. The fourth-order valence-corrected chi connectivity index (χ4v) is 2.77. The molecule has 10 heteroatoms. The number of halogens is 4. The molecule has 0 atom stereocenters. The molecule has 0 radical (unpaired) electrons. The highest BCUT2D eigenvalue weighted by molar-refractivity contribution is 5.97. The minimum Gasteiger partial charge on any atom is -0.373 e. The van der Waals surface area contributed by atoms with Crippen LogP contribution >= 0.6 is 0 Å². The number of anilines is 1. The second-order valence-electron chi connectivity index (χ2n) is 6.15. The van der Waals surface area contributed by atoms with E-state index >= 15 is 0 Å². The van der Waals surface area contributed by atoms with E-state index in [-0.39, 0.29) is 17.0 Å². The Labute approximate surface area is 167 Å². The van der Waals surface area contributed by atoms with E-state index in [1.54, 1.807) is 6.07 Å². The van der Waals surface area contributed by atoms with Crippen molar-refractivity contribution in [2.45, 2.75) is 6.42 Å². The van der Waals surface area contributed by atoms with E-state index in [4.69, 9.17) is 5.73 Å². The van der Waals surface area contributed by atoms with Crippen LogP contribution in [-0.2, 0) is 6.42 Å². The number of hydrogen-bond acceptors (Lipinski definition) is 5. The Kier molecular flexibility index (Phi) is 6.05. The molecule has 3 N–H and O–H groups in total. The van der Waals surface area contributed by atoms with Crippen LogP contribution in [-0.4, -0.2) is 28.2 Å². The number of hydrogen-bond donors (Lipinski definition) is 2. The lowest BCUT2D eigenvalue weighted by molar-refractivity contribution is 0.0989. The third kappa shape index (κ3) is 4.12. The Balaban J connectivity index is 1.91. The average molecular weight is 418 g/mol. The summed E-state index contributed by atoms with van der Waals surface area (Å²) in [6.07, 6.45) is 1.93. The number of rotatable bonds is 7. The maximum absolute atomic E-state index is 14.5. The van der Waals surface area contributed by atoms with Crippen molar-refractivity contribution in [2.24, 2.45) is 5.73 Å². The first-order chi connectivity index (χ1) is 14.3. The minimum atomic E-state index is -1.71. The lowest BCUT2D eigenvalue weighted by atomic mass is 10.0. The van der Waals surface area contributed by atoms with Gasteiger partial charge in [0.15, 0.2) is 29.1 Å². The number of carbonyl (C=O) groups is 2. The fourth-order valence-electron chi connectivity index (χ4n) is 2.77. The molecule has 0 aliphatic carbocycles. The third-order valence-corrected chi connectivity index (χ3v) is 4.22. The summed E-state index contributed by atoms with van der Waals surface area (Å²) < 4.78 is 57.9. The van der Waals surface area contributed by atoms with Gasteiger partial charge in [-0.2, -0.15) is 0 Å². The minimum absolute atomic E-state index is 0.00682. The number of nitrogens with zero attached hydrogens (tertiary/aromatic N) is 2. The molecule has 1 aromatic carbocycles. The quantitative estimate of drug-likeness (QED) is 0.349. The number of carbonyl (C=O) groups excluding carboxylic acids is 2. The third-order valence-electron chi connectivity index (χ3n) is 4.22. The highest BCUT2D eigenvalue weighted by Crippen LogP contribution is 2.30. The number of pyridine rings is 2. The molecule has 0 saturated heterocycles. The van der Waals surface area contributed by atoms with Crippen molar-refractivity contribution in [1.82, 2.24) is 9.97 Å². The Hall–Kier alpha value is -3.82. The molecule has 3 aromatic rings. The second kappa shape index (κ2) is 8.68. The monoisotopic (exact) mass is 418 g/mol. The zero-order chi connectivity index (χ0) is 21.8. The Morgan fingerprint density at radius 1 is 0.900 bits per heavy atom. The summed E-state index contributed by atoms with van der Waals surface area (Å²) in [7, 11) is 0. The summed E-state index contributed by atoms with van der Waals surface area (Å²) in [4.78, 5) is 30.9. The normalized spacial score (nSPS) is 10.7. The first-order valence-electron chi connectivity index (χ1n) is 8.57. The van der Waals surface area contributed by atoms with Gasteiger partial charge in [0.25, 0.3) is 5.91 Å². The van der Waals surface area contributed by atoms with Crippen LogP contribution in [0.15, 0.2) is 42.7 Å². The van der Waals surface area contributed by atoms with Gasteiger partial charge in [-0.15, -0.1) is 0 Å². The number of nitrogens with two attached hydrogens (primary N) is 1. The molecular formula is C20H14F4N4O2. The van der Waals surface area contributed by atoms with Crippen molar-refractivity contribution in [2.75, 3.05) is 11.9 Å². The van der Waals surface area contributed by atoms with Gasteiger partial charge in [-0.1, -0.05) is 12.1 Å². The predicted molar refractivity (Wildman–Crippen MR) is 98.9 cm³/mol. The molecule has 30 heavy (non-hydrogen) atoms. The number of benzene rings is 1. The summed E-state index contributed by atoms with van der Waals surface area (Å²) in [6, 6.07) is 7.17. The van der Waals surface area contributed by atoms with Gasteiger partial charge in [-0.05, 0) is 23.8 Å². The van der Waals surface area contributed by atoms with E-state index in [2.05, 4.69) is 15.3 Å². The van der Waals surface area contributed by atoms with Crippen molar-refractivity contribution in [1.29, 1.82) is 0 Å². The Morgan fingerprint density at radius 2 is 1.57 bits per heavy atom. The summed E-state index contributed by atoms with van der Waals surface area (Å²) in [5.74, 6) is -8.34. The van der Waals surface area contributed by atoms with E-state index in [9.17, 15) is 27.2 Å². The number of amides is 1. The first kappa shape index (κ1) is 20.9. The van der Waals surface area contributed by atoms with E-state index in [1.807, 2.05) is 0 Å². The average Bonchev–Trinajstić information content (AvgIpc) is 2.76. The number of primary amides is 1. The predicted octanol–water partition coefficient (Wildman–Crippen LogP) is 3.02. The number of ketones is 1. The molecule has 2 heterocycles. The number of Topliss-reactive ketones (excluding diaryl/α,β-unsaturated/α-hetero) is 1. The molecule has 2 aromatic heterocycles. The smallest absolute Gasteiger partial charge is 0.267 e. The number of aromatic nitrogens is 2. The molecule has 154 valence electrons. The van der Waals surface area contributed by atoms with Gasteiger partial charge in [-0.3, -0.25) is 19.6 Å². The standard InChI is InChI=1S/C20H14F4N4O2/c21-14-11(8-10-4-3-7-27-18(10)20(25)30)15(22)17(24)19(16(14)23)28-9-13(29)12-5-1-2-6-26-12/h1-7,28H,8-9H2,(H2,25,30). The Morgan fingerprint density at radius 3 is 2.17 bits per heavy atom. The molecule has 6 nitrogen and oxygen atoms in total. The molecule has 0 aliphatic heterocycles. The lowest BCUT2D eigenvalue weighted by Crippen LogP contribution is -2.19. The van der Waals surface area contributed by atoms with Crippen LogP contribution in [0.5, 0.6) is 0 Å². The largest absolute Gasteiger partial charge is 0.373 e. The van der Waals surface area contributed by atoms with Gasteiger partial charge in [0.05, 0.1) is 6.54 Å². The summed E-state index contributed by atoms with van der Waals surface area (Å²) in [6.45, 7) is -0.641. The van der Waals surface area contributed by atoms with Crippen LogP contribution in [0.25, 0.3) is 0 Å². The van der Waals surface area contributed by atoms with Crippen LogP contribution < -0.4 is 11.1 Å². The van der Waals surface area contributed by atoms with E-state index in [0.29, 0.717) is 0 Å². The van der Waals surface area contributed by atoms with Gasteiger partial charge in [0, 0.05) is 24.4 Å². The van der Waals surface area contributed by atoms with Crippen molar-refractivity contribution < 1.29 is 27.2 Å². The van der Waals surface area contributed by atoms with Crippen molar-refractivity contribution in [3.8, 4) is 0 Å². The zero-order valence-electron chi connectivity index (χ0n) is 15.3. The molecule has 0 aliphatic rings. The summed E-state index contributed by atoms with van der Waals surface area (Å²) in [5.41, 5.74) is 2.82. The van der Waals surface area contributed by atoms with Gasteiger partial charge in [-0.25, -0.2) is 17.6 Å². The van der Waals surface area contributed by atoms with Crippen LogP contribution in [0, 0.1) is 23.3 Å². The Bertz CT molecular complexity index is 1090. The molecule has 0 saturated carbocycles. The van der Waals surface area contributed by atoms with Gasteiger partial charge in [0.1, 0.15) is 17.1 Å². The maximum atomic E-state index is 14.5. The van der Waals surface area contributed by atoms with E-state index in [0.717, 1.165) is 0 Å². The second-order valence-corrected chi connectivity index (χ2v) is 6.15. The van der Waals surface area contributed by atoms with Crippen LogP contribution in [0.3, 0.4) is 0 Å². The van der Waals surface area contributed by atoms with Gasteiger partial charge in [0.2, 0.25) is 0 Å². The molecule has 1 amide bonds. The van der Waals surface area contributed by atoms with Gasteiger partial charge >= 0.3 is 0 Å². The van der Waals surface area contributed by atoms with Gasteiger partial charge < -0.3 is 11.1 Å². The van der Waals surface area contributed by atoms with Crippen LogP contribution in [0.4, 0.5) is 23.2 Å². The van der Waals surface area contributed by atoms with E-state index in [1.165, 1.54) is 36.7 Å². The summed E-state index contributed by atoms with van der Waals surface area (Å²) >= 11 is 0. The van der Waals surface area contributed by atoms with E-state index < -0.39 is 59.2 Å². The first-order valence-corrected chi connectivity index (χ1v) is 8.57. The molecule has 0 spiro atoms. The SMILES string of the molecule is NC(=O)c1ncccc1Cc1c(F)c(F)c(NCC(=O)c2ccccn2)c(F)c1F. The fraction of sp³-hybridized carbons (Fsp3) is 0.100. The number of nitrogens with one attached hydrogen (secondary N) is 1. The molecule has 3 rings (SSSR count). The lowest BCUT2D eigenvalue weighted by Gasteiger charge is -2.14. The molecular weight excluding hydrogens is 404 g/mol.